The summed E-state index contributed by atoms with van der Waals surface area (Å²) in [7, 11) is 0. The number of likely N-dealkylation sites (tertiary alicyclic amines) is 1. The van der Waals surface area contributed by atoms with Gasteiger partial charge in [0.2, 0.25) is 16.7 Å². The highest BCUT2D eigenvalue weighted by Gasteiger charge is 2.30. The minimum Gasteiger partial charge on any atom is -0.492 e. The Kier molecular flexibility index (Phi) is 4.70. The molecule has 1 aliphatic rings. The number of aromatic nitrogens is 3. The van der Waals surface area contributed by atoms with Crippen LogP contribution in [0.25, 0.3) is 16.5 Å². The van der Waals surface area contributed by atoms with Crippen molar-refractivity contribution >= 4 is 32.2 Å². The molecule has 8 heteroatoms. The lowest BCUT2D eigenvalue weighted by Gasteiger charge is -2.34. The van der Waals surface area contributed by atoms with Gasteiger partial charge in [0.05, 0.1) is 17.2 Å². The van der Waals surface area contributed by atoms with E-state index in [2.05, 4.69) is 55.2 Å². The van der Waals surface area contributed by atoms with Crippen LogP contribution in [0.2, 0.25) is 0 Å². The van der Waals surface area contributed by atoms with E-state index in [0.717, 1.165) is 28.0 Å². The van der Waals surface area contributed by atoms with Gasteiger partial charge in [-0.2, -0.15) is 9.50 Å². The molecule has 28 heavy (non-hydrogen) atoms. The van der Waals surface area contributed by atoms with E-state index in [9.17, 15) is 5.11 Å². The van der Waals surface area contributed by atoms with Crippen molar-refractivity contribution in [1.82, 2.24) is 19.5 Å². The van der Waals surface area contributed by atoms with Crippen LogP contribution in [0.15, 0.2) is 51.6 Å². The predicted octanol–water partition coefficient (Wildman–Crippen LogP) is 5.09. The number of fused-ring (bicyclic) bond motifs is 1. The van der Waals surface area contributed by atoms with Gasteiger partial charge in [-0.25, -0.2) is 0 Å². The molecule has 1 aliphatic heterocycles. The number of hydrogen-bond acceptors (Lipinski definition) is 6. The van der Waals surface area contributed by atoms with Crippen molar-refractivity contribution in [3.8, 4) is 17.5 Å². The summed E-state index contributed by atoms with van der Waals surface area (Å²) in [6.45, 7) is 2.04. The Morgan fingerprint density at radius 1 is 1.11 bits per heavy atom. The van der Waals surface area contributed by atoms with Crippen LogP contribution >= 0.6 is 27.3 Å². The van der Waals surface area contributed by atoms with Gasteiger partial charge in [-0.1, -0.05) is 45.8 Å². The van der Waals surface area contributed by atoms with Gasteiger partial charge in [-0.15, -0.1) is 5.10 Å². The molecule has 1 N–H and O–H groups in total. The molecule has 4 aromatic rings. The Bertz CT molecular complexity index is 1080. The first-order valence-electron chi connectivity index (χ1n) is 9.32. The van der Waals surface area contributed by atoms with Crippen LogP contribution in [-0.4, -0.2) is 37.7 Å². The third-order valence-electron chi connectivity index (χ3n) is 5.13. The van der Waals surface area contributed by atoms with E-state index >= 15 is 0 Å². The molecule has 0 aliphatic carbocycles. The van der Waals surface area contributed by atoms with Gasteiger partial charge < -0.3 is 9.52 Å². The van der Waals surface area contributed by atoms with Gasteiger partial charge in [0.1, 0.15) is 0 Å². The molecular formula is C20H19BrN4O2S. The topological polar surface area (TPSA) is 66.8 Å². The third-order valence-corrected chi connectivity index (χ3v) is 6.73. The maximum absolute atomic E-state index is 11.0. The molecule has 144 valence electrons. The molecule has 0 spiro atoms. The largest absolute Gasteiger partial charge is 0.492 e. The van der Waals surface area contributed by atoms with Crippen molar-refractivity contribution in [1.29, 1.82) is 0 Å². The number of rotatable bonds is 4. The number of hydrogen-bond donors (Lipinski definition) is 1. The van der Waals surface area contributed by atoms with E-state index in [1.54, 1.807) is 12.3 Å². The lowest BCUT2D eigenvalue weighted by atomic mass is 10.0. The number of thiazole rings is 1. The number of nitrogens with zero attached hydrogens (tertiary/aromatic N) is 4. The zero-order chi connectivity index (χ0) is 19.1. The molecule has 1 aromatic carbocycles. The van der Waals surface area contributed by atoms with E-state index in [1.807, 2.05) is 6.07 Å². The summed E-state index contributed by atoms with van der Waals surface area (Å²) in [6.07, 6.45) is 5.21. The molecule has 0 unspecified atom stereocenters. The average Bonchev–Trinajstić information content (AvgIpc) is 3.43. The fraction of sp³-hybridized carbons (Fsp3) is 0.300. The van der Waals surface area contributed by atoms with Crippen molar-refractivity contribution in [3.63, 3.8) is 0 Å². The van der Waals surface area contributed by atoms with Gasteiger partial charge in [0.15, 0.2) is 5.76 Å². The Hall–Kier alpha value is -2.16. The normalized spacial score (nSPS) is 16.6. The summed E-state index contributed by atoms with van der Waals surface area (Å²) in [5.74, 6) is 1.23. The van der Waals surface area contributed by atoms with Crippen molar-refractivity contribution in [2.45, 2.75) is 25.3 Å². The maximum atomic E-state index is 11.0. The lowest BCUT2D eigenvalue weighted by molar-refractivity contribution is 0.186. The zero-order valence-electron chi connectivity index (χ0n) is 15.1. The number of piperidine rings is 1. The molecule has 6 nitrogen and oxygen atoms in total. The van der Waals surface area contributed by atoms with E-state index in [0.29, 0.717) is 16.5 Å². The minimum absolute atomic E-state index is 0.00559. The molecule has 0 bridgehead atoms. The molecule has 1 saturated heterocycles. The van der Waals surface area contributed by atoms with Crippen LogP contribution in [0, 0.1) is 0 Å². The Morgan fingerprint density at radius 3 is 2.57 bits per heavy atom. The third kappa shape index (κ3) is 3.15. The average molecular weight is 459 g/mol. The molecule has 3 aromatic heterocycles. The second-order valence-corrected chi connectivity index (χ2v) is 8.87. The van der Waals surface area contributed by atoms with E-state index in [1.165, 1.54) is 35.1 Å². The van der Waals surface area contributed by atoms with Crippen LogP contribution in [-0.2, 0) is 0 Å². The van der Waals surface area contributed by atoms with Crippen molar-refractivity contribution < 1.29 is 9.52 Å². The summed E-state index contributed by atoms with van der Waals surface area (Å²) in [5, 5.41) is 15.5. The highest BCUT2D eigenvalue weighted by atomic mass is 79.9. The summed E-state index contributed by atoms with van der Waals surface area (Å²) in [4.78, 5) is 8.56. The number of benzene rings is 1. The van der Waals surface area contributed by atoms with Crippen LogP contribution in [0.5, 0.6) is 5.88 Å². The maximum Gasteiger partial charge on any atom is 0.230 e. The molecule has 1 fully saturated rings. The van der Waals surface area contributed by atoms with Gasteiger partial charge in [0, 0.05) is 4.47 Å². The predicted molar refractivity (Wildman–Crippen MR) is 112 cm³/mol. The van der Waals surface area contributed by atoms with Crippen LogP contribution in [0.3, 0.4) is 0 Å². The first-order valence-corrected chi connectivity index (χ1v) is 10.9. The van der Waals surface area contributed by atoms with E-state index in [-0.39, 0.29) is 11.9 Å². The number of furan rings is 1. The molecular weight excluding hydrogens is 440 g/mol. The smallest absolute Gasteiger partial charge is 0.230 e. The van der Waals surface area contributed by atoms with Gasteiger partial charge >= 0.3 is 0 Å². The van der Waals surface area contributed by atoms with Gasteiger partial charge in [0.25, 0.3) is 0 Å². The lowest BCUT2D eigenvalue weighted by Crippen LogP contribution is -2.34. The molecule has 4 heterocycles. The number of halogens is 1. The Balaban J connectivity index is 1.59. The zero-order valence-corrected chi connectivity index (χ0v) is 17.5. The highest BCUT2D eigenvalue weighted by molar-refractivity contribution is 9.10. The van der Waals surface area contributed by atoms with Crippen molar-refractivity contribution in [3.05, 3.63) is 57.6 Å². The van der Waals surface area contributed by atoms with Gasteiger partial charge in [-0.05, 0) is 55.8 Å². The monoisotopic (exact) mass is 458 g/mol. The fourth-order valence-electron chi connectivity index (χ4n) is 3.79. The number of aromatic hydroxyl groups is 1. The second-order valence-electron chi connectivity index (χ2n) is 6.95. The molecule has 0 radical (unpaired) electrons. The first-order chi connectivity index (χ1) is 13.7. The Labute approximate surface area is 174 Å². The highest BCUT2D eigenvalue weighted by Crippen LogP contribution is 2.41. The first kappa shape index (κ1) is 17.9. The van der Waals surface area contributed by atoms with Crippen molar-refractivity contribution in [2.24, 2.45) is 0 Å². The fourth-order valence-corrected chi connectivity index (χ4v) is 5.17. The summed E-state index contributed by atoms with van der Waals surface area (Å²) >= 11 is 5.00. The van der Waals surface area contributed by atoms with Crippen LogP contribution in [0.4, 0.5) is 0 Å². The molecule has 5 rings (SSSR count). The van der Waals surface area contributed by atoms with Crippen LogP contribution < -0.4 is 0 Å². The van der Waals surface area contributed by atoms with Crippen molar-refractivity contribution in [2.75, 3.05) is 13.1 Å². The Morgan fingerprint density at radius 2 is 1.89 bits per heavy atom. The van der Waals surface area contributed by atoms with E-state index < -0.39 is 0 Å². The molecule has 0 amide bonds. The SMILES string of the molecule is Oc1c([C@@H](c2ccc(Br)cc2)N2CCCCC2)sc2nc(-c3ccco3)nn12. The summed E-state index contributed by atoms with van der Waals surface area (Å²) in [6, 6.07) is 11.9. The minimum atomic E-state index is -0.00559. The summed E-state index contributed by atoms with van der Waals surface area (Å²) in [5.41, 5.74) is 1.16. The quantitative estimate of drug-likeness (QED) is 0.460. The standard InChI is InChI=1S/C20H19BrN4O2S/c21-14-8-6-13(7-9-14)16(24-10-2-1-3-11-24)17-19(26)25-20(28-17)22-18(23-25)15-5-4-12-27-15/h4-9,12,16,26H,1-3,10-11H2/t16-/m1/s1. The summed E-state index contributed by atoms with van der Waals surface area (Å²) < 4.78 is 7.95. The molecule has 0 saturated carbocycles. The second kappa shape index (κ2) is 7.35. The van der Waals surface area contributed by atoms with E-state index in [4.69, 9.17) is 4.42 Å². The van der Waals surface area contributed by atoms with Crippen LogP contribution in [0.1, 0.15) is 35.7 Å². The molecule has 1 atom stereocenters. The van der Waals surface area contributed by atoms with Gasteiger partial charge in [-0.3, -0.25) is 4.90 Å².